The molecule has 2 heterocycles. The summed E-state index contributed by atoms with van der Waals surface area (Å²) in [5.74, 6) is 0.0532. The van der Waals surface area contributed by atoms with Crippen LogP contribution in [0.5, 0.6) is 0 Å². The summed E-state index contributed by atoms with van der Waals surface area (Å²) in [4.78, 5) is 32.3. The molecule has 0 spiro atoms. The first-order chi connectivity index (χ1) is 12.6. The van der Waals surface area contributed by atoms with Gasteiger partial charge in [-0.2, -0.15) is 0 Å². The van der Waals surface area contributed by atoms with Crippen LogP contribution in [0.15, 0.2) is 29.6 Å². The third kappa shape index (κ3) is 4.40. The van der Waals surface area contributed by atoms with E-state index in [4.69, 9.17) is 4.74 Å². The van der Waals surface area contributed by atoms with Crippen LogP contribution in [0.4, 0.5) is 4.79 Å². The fraction of sp³-hybridized carbons (Fsp3) is 0.421. The van der Waals surface area contributed by atoms with Crippen LogP contribution in [0.2, 0.25) is 0 Å². The minimum atomic E-state index is -0.332. The van der Waals surface area contributed by atoms with Gasteiger partial charge in [0, 0.05) is 37.1 Å². The van der Waals surface area contributed by atoms with Crippen LogP contribution >= 0.6 is 11.3 Å². The first-order valence-corrected chi connectivity index (χ1v) is 9.57. The molecule has 0 atom stereocenters. The van der Waals surface area contributed by atoms with Crippen LogP contribution < -0.4 is 0 Å². The van der Waals surface area contributed by atoms with E-state index in [9.17, 15) is 9.59 Å². The lowest BCUT2D eigenvalue weighted by molar-refractivity contribution is -0.130. The van der Waals surface area contributed by atoms with Gasteiger partial charge in [-0.15, -0.1) is 11.3 Å². The molecular formula is C19H23N3O3S. The van der Waals surface area contributed by atoms with Crippen LogP contribution in [0.3, 0.4) is 0 Å². The molecule has 1 aliphatic rings. The van der Waals surface area contributed by atoms with E-state index in [1.807, 2.05) is 10.3 Å². The molecule has 7 heteroatoms. The highest BCUT2D eigenvalue weighted by atomic mass is 32.1. The minimum absolute atomic E-state index is 0.0532. The number of carbonyl (C=O) groups excluding carboxylic acids is 2. The summed E-state index contributed by atoms with van der Waals surface area (Å²) < 4.78 is 4.76. The van der Waals surface area contributed by atoms with Crippen molar-refractivity contribution in [1.82, 2.24) is 14.8 Å². The molecule has 26 heavy (non-hydrogen) atoms. The highest BCUT2D eigenvalue weighted by Gasteiger charge is 2.23. The lowest BCUT2D eigenvalue weighted by Crippen LogP contribution is -2.37. The summed E-state index contributed by atoms with van der Waals surface area (Å²) in [5, 5.41) is 2.88. The van der Waals surface area contributed by atoms with E-state index in [1.54, 1.807) is 16.2 Å². The zero-order valence-electron chi connectivity index (χ0n) is 15.1. The Morgan fingerprint density at radius 2 is 1.81 bits per heavy atom. The summed E-state index contributed by atoms with van der Waals surface area (Å²) in [6.07, 6.45) is 0.717. The Bertz CT molecular complexity index is 773. The van der Waals surface area contributed by atoms with E-state index in [2.05, 4.69) is 36.2 Å². The summed E-state index contributed by atoms with van der Waals surface area (Å²) in [6.45, 7) is 4.36. The van der Waals surface area contributed by atoms with Crippen molar-refractivity contribution in [2.75, 3.05) is 33.3 Å². The first-order valence-electron chi connectivity index (χ1n) is 8.69. The highest BCUT2D eigenvalue weighted by molar-refractivity contribution is 7.13. The maximum Gasteiger partial charge on any atom is 0.409 e. The second kappa shape index (κ2) is 8.31. The molecule has 1 aromatic carbocycles. The van der Waals surface area contributed by atoms with Crippen molar-refractivity contribution in [3.05, 3.63) is 40.9 Å². The van der Waals surface area contributed by atoms with Crippen LogP contribution in [-0.4, -0.2) is 60.1 Å². The Hall–Kier alpha value is -2.41. The van der Waals surface area contributed by atoms with Gasteiger partial charge in [0.25, 0.3) is 0 Å². The van der Waals surface area contributed by atoms with Crippen LogP contribution in [-0.2, 0) is 16.0 Å². The van der Waals surface area contributed by atoms with E-state index in [0.717, 1.165) is 22.7 Å². The molecule has 138 valence electrons. The average Bonchev–Trinajstić information content (AvgIpc) is 2.96. The van der Waals surface area contributed by atoms with Crippen molar-refractivity contribution in [2.45, 2.75) is 19.8 Å². The number of benzene rings is 1. The molecule has 3 rings (SSSR count). The average molecular weight is 373 g/mol. The number of aryl methyl sites for hydroxylation is 1. The Morgan fingerprint density at radius 3 is 2.54 bits per heavy atom. The van der Waals surface area contributed by atoms with Gasteiger partial charge in [0.1, 0.15) is 5.01 Å². The van der Waals surface area contributed by atoms with Gasteiger partial charge in [-0.05, 0) is 13.3 Å². The molecule has 1 fully saturated rings. The van der Waals surface area contributed by atoms with E-state index in [1.165, 1.54) is 12.7 Å². The van der Waals surface area contributed by atoms with E-state index >= 15 is 0 Å². The Balaban J connectivity index is 1.60. The van der Waals surface area contributed by atoms with Gasteiger partial charge >= 0.3 is 6.09 Å². The number of amides is 2. The fourth-order valence-electron chi connectivity index (χ4n) is 2.96. The molecule has 2 amide bonds. The minimum Gasteiger partial charge on any atom is -0.453 e. The molecule has 0 saturated carbocycles. The SMILES string of the molecule is COC(=O)N1CCCN(C(=O)Cc2csc(-c3ccc(C)cc3)n2)CC1. The third-order valence-electron chi connectivity index (χ3n) is 4.46. The van der Waals surface area contributed by atoms with E-state index in [0.29, 0.717) is 32.6 Å². The van der Waals surface area contributed by atoms with Crippen LogP contribution in [0, 0.1) is 6.92 Å². The van der Waals surface area contributed by atoms with E-state index < -0.39 is 0 Å². The second-order valence-electron chi connectivity index (χ2n) is 6.38. The number of ether oxygens (including phenoxy) is 1. The van der Waals surface area contributed by atoms with Crippen molar-refractivity contribution >= 4 is 23.3 Å². The number of hydrogen-bond donors (Lipinski definition) is 0. The van der Waals surface area contributed by atoms with Gasteiger partial charge in [-0.1, -0.05) is 29.8 Å². The third-order valence-corrected chi connectivity index (χ3v) is 5.40. The number of carbonyl (C=O) groups is 2. The van der Waals surface area contributed by atoms with Gasteiger partial charge in [0.15, 0.2) is 0 Å². The first kappa shape index (κ1) is 18.4. The molecular weight excluding hydrogens is 350 g/mol. The molecule has 0 bridgehead atoms. The van der Waals surface area contributed by atoms with Crippen LogP contribution in [0.25, 0.3) is 10.6 Å². The van der Waals surface area contributed by atoms with Crippen LogP contribution in [0.1, 0.15) is 17.7 Å². The summed E-state index contributed by atoms with van der Waals surface area (Å²) in [5.41, 5.74) is 3.08. The molecule has 1 aliphatic heterocycles. The van der Waals surface area contributed by atoms with Crippen molar-refractivity contribution in [3.63, 3.8) is 0 Å². The number of aromatic nitrogens is 1. The Kier molecular flexibility index (Phi) is 5.88. The molecule has 0 aliphatic carbocycles. The number of methoxy groups -OCH3 is 1. The topological polar surface area (TPSA) is 62.7 Å². The quantitative estimate of drug-likeness (QED) is 0.830. The second-order valence-corrected chi connectivity index (χ2v) is 7.24. The van der Waals surface area contributed by atoms with E-state index in [-0.39, 0.29) is 12.0 Å². The largest absolute Gasteiger partial charge is 0.453 e. The Morgan fingerprint density at radius 1 is 1.12 bits per heavy atom. The maximum atomic E-state index is 12.6. The van der Waals surface area contributed by atoms with Crippen molar-refractivity contribution in [1.29, 1.82) is 0 Å². The number of hydrogen-bond acceptors (Lipinski definition) is 5. The predicted octanol–water partition coefficient (Wildman–Crippen LogP) is 2.96. The van der Waals surface area contributed by atoms with Crippen molar-refractivity contribution < 1.29 is 14.3 Å². The standard InChI is InChI=1S/C19H23N3O3S/c1-14-4-6-15(7-5-14)18-20-16(13-26-18)12-17(23)21-8-3-9-22(11-10-21)19(24)25-2/h4-7,13H,3,8-12H2,1-2H3. The lowest BCUT2D eigenvalue weighted by atomic mass is 10.2. The number of nitrogens with zero attached hydrogens (tertiary/aromatic N) is 3. The smallest absolute Gasteiger partial charge is 0.409 e. The number of rotatable bonds is 3. The Labute approximate surface area is 157 Å². The van der Waals surface area contributed by atoms with Crippen molar-refractivity contribution in [3.8, 4) is 10.6 Å². The van der Waals surface area contributed by atoms with Gasteiger partial charge < -0.3 is 14.5 Å². The highest BCUT2D eigenvalue weighted by Crippen LogP contribution is 2.24. The fourth-order valence-corrected chi connectivity index (χ4v) is 3.79. The molecule has 1 aromatic heterocycles. The normalized spacial score (nSPS) is 14.8. The van der Waals surface area contributed by atoms with Gasteiger partial charge in [-0.3, -0.25) is 4.79 Å². The lowest BCUT2D eigenvalue weighted by Gasteiger charge is -2.21. The van der Waals surface area contributed by atoms with Gasteiger partial charge in [0.05, 0.1) is 19.2 Å². The summed E-state index contributed by atoms with van der Waals surface area (Å²) >= 11 is 1.56. The van der Waals surface area contributed by atoms with Gasteiger partial charge in [-0.25, -0.2) is 9.78 Å². The molecule has 1 saturated heterocycles. The summed E-state index contributed by atoms with van der Waals surface area (Å²) in [7, 11) is 1.38. The number of thiazole rings is 1. The molecule has 6 nitrogen and oxygen atoms in total. The molecule has 0 unspecified atom stereocenters. The maximum absolute atomic E-state index is 12.6. The molecule has 2 aromatic rings. The van der Waals surface area contributed by atoms with Crippen molar-refractivity contribution in [2.24, 2.45) is 0 Å². The zero-order valence-corrected chi connectivity index (χ0v) is 15.9. The predicted molar refractivity (Wildman–Crippen MR) is 101 cm³/mol. The van der Waals surface area contributed by atoms with Gasteiger partial charge in [0.2, 0.25) is 5.91 Å². The summed E-state index contributed by atoms with van der Waals surface area (Å²) in [6, 6.07) is 8.23. The zero-order chi connectivity index (χ0) is 18.5. The molecule has 0 radical (unpaired) electrons. The molecule has 0 N–H and O–H groups in total. The monoisotopic (exact) mass is 373 g/mol.